The molecule has 0 aliphatic carbocycles. The van der Waals surface area contributed by atoms with Crippen molar-refractivity contribution in [1.82, 2.24) is 15.3 Å². The number of benzene rings is 1. The van der Waals surface area contributed by atoms with Crippen LogP contribution in [0.15, 0.2) is 54.7 Å². The Labute approximate surface area is 164 Å². The van der Waals surface area contributed by atoms with E-state index in [1.54, 1.807) is 7.11 Å². The number of hydrogen-bond donors (Lipinski definition) is 2. The number of aryl methyl sites for hydroxylation is 2. The molecule has 0 amide bonds. The molecule has 2 aromatic heterocycles. The van der Waals surface area contributed by atoms with Crippen LogP contribution in [0.5, 0.6) is 5.75 Å². The van der Waals surface area contributed by atoms with Crippen molar-refractivity contribution in [1.29, 1.82) is 0 Å². The predicted molar refractivity (Wildman–Crippen MR) is 111 cm³/mol. The van der Waals surface area contributed by atoms with Gasteiger partial charge in [-0.25, -0.2) is 0 Å². The van der Waals surface area contributed by atoms with Gasteiger partial charge in [-0.1, -0.05) is 18.2 Å². The van der Waals surface area contributed by atoms with Crippen LogP contribution in [0.1, 0.15) is 34.7 Å². The second-order valence-electron chi connectivity index (χ2n) is 6.70. The topological polar surface area (TPSA) is 53.2 Å². The van der Waals surface area contributed by atoms with Gasteiger partial charge in [-0.05, 0) is 62.0 Å². The molecule has 0 unspecified atom stereocenters. The first-order valence-corrected chi connectivity index (χ1v) is 9.30. The van der Waals surface area contributed by atoms with E-state index in [0.29, 0.717) is 5.11 Å². The molecule has 138 valence electrons. The minimum absolute atomic E-state index is 0.0337. The van der Waals surface area contributed by atoms with Crippen LogP contribution < -0.4 is 15.0 Å². The Morgan fingerprint density at radius 1 is 1.11 bits per heavy atom. The Balaban J connectivity index is 1.89. The smallest absolute Gasteiger partial charge is 0.174 e. The summed E-state index contributed by atoms with van der Waals surface area (Å²) in [6.45, 7) is 4.17. The molecule has 1 aromatic carbocycles. The number of methoxy groups -OCH3 is 1. The lowest BCUT2D eigenvalue weighted by molar-refractivity contribution is 0.414. The maximum atomic E-state index is 5.76. The van der Waals surface area contributed by atoms with Crippen LogP contribution in [0.3, 0.4) is 0 Å². The Kier molecular flexibility index (Phi) is 4.58. The van der Waals surface area contributed by atoms with Crippen molar-refractivity contribution in [3.63, 3.8) is 0 Å². The highest BCUT2D eigenvalue weighted by atomic mass is 32.1. The quantitative estimate of drug-likeness (QED) is 0.666. The number of nitrogens with one attached hydrogen (secondary N) is 2. The van der Waals surface area contributed by atoms with Crippen LogP contribution in [-0.2, 0) is 0 Å². The van der Waals surface area contributed by atoms with Crippen LogP contribution in [0.4, 0.5) is 5.69 Å². The molecule has 3 heterocycles. The SMILES string of the molecule is COc1ccccc1N1C(=S)N[C@@H](c2ccccn2)[C@@H]1c1cc(C)[nH]c1C. The number of rotatable bonds is 4. The van der Waals surface area contributed by atoms with Gasteiger partial charge in [0.1, 0.15) is 5.75 Å². The molecule has 0 bridgehead atoms. The molecule has 0 saturated carbocycles. The molecule has 1 aliphatic rings. The summed E-state index contributed by atoms with van der Waals surface area (Å²) in [5.74, 6) is 0.790. The van der Waals surface area contributed by atoms with Crippen LogP contribution >= 0.6 is 12.2 Å². The van der Waals surface area contributed by atoms with E-state index in [1.165, 1.54) is 5.56 Å². The van der Waals surface area contributed by atoms with Crippen molar-refractivity contribution >= 4 is 23.0 Å². The van der Waals surface area contributed by atoms with E-state index in [2.05, 4.69) is 40.1 Å². The highest BCUT2D eigenvalue weighted by Crippen LogP contribution is 2.45. The zero-order valence-electron chi connectivity index (χ0n) is 15.6. The number of H-pyrrole nitrogens is 1. The average Bonchev–Trinajstić information content (AvgIpc) is 3.20. The maximum Gasteiger partial charge on any atom is 0.174 e. The standard InChI is InChI=1S/C21H22N4OS/c1-13-12-15(14(2)23-13)20-19(16-8-6-7-11-22-16)24-21(27)25(20)17-9-4-5-10-18(17)26-3/h4-12,19-20,23H,1-3H3,(H,24,27)/t19-,20-/m0/s1. The van der Waals surface area contributed by atoms with Crippen LogP contribution in [0.25, 0.3) is 0 Å². The third-order valence-electron chi connectivity index (χ3n) is 4.95. The molecule has 0 spiro atoms. The summed E-state index contributed by atoms with van der Waals surface area (Å²) in [4.78, 5) is 10.2. The number of hydrogen-bond acceptors (Lipinski definition) is 3. The molecule has 5 nitrogen and oxygen atoms in total. The highest BCUT2D eigenvalue weighted by Gasteiger charge is 2.42. The summed E-state index contributed by atoms with van der Waals surface area (Å²) < 4.78 is 5.61. The zero-order chi connectivity index (χ0) is 19.0. The van der Waals surface area contributed by atoms with Gasteiger partial charge in [0.05, 0.1) is 30.6 Å². The predicted octanol–water partition coefficient (Wildman–Crippen LogP) is 4.21. The number of aromatic amines is 1. The Hall–Kier alpha value is -2.86. The van der Waals surface area contributed by atoms with Gasteiger partial charge in [-0.15, -0.1) is 0 Å². The Morgan fingerprint density at radius 3 is 2.56 bits per heavy atom. The van der Waals surface area contributed by atoms with Crippen molar-refractivity contribution in [2.45, 2.75) is 25.9 Å². The average molecular weight is 379 g/mol. The number of thiocarbonyl (C=S) groups is 1. The third-order valence-corrected chi connectivity index (χ3v) is 5.27. The normalized spacial score (nSPS) is 19.2. The fourth-order valence-electron chi connectivity index (χ4n) is 3.81. The molecule has 2 atom stereocenters. The van der Waals surface area contributed by atoms with Gasteiger partial charge in [0.25, 0.3) is 0 Å². The van der Waals surface area contributed by atoms with Crippen molar-refractivity contribution in [3.05, 3.63) is 77.4 Å². The van der Waals surface area contributed by atoms with Crippen molar-refractivity contribution in [3.8, 4) is 5.75 Å². The third kappa shape index (κ3) is 3.06. The monoisotopic (exact) mass is 378 g/mol. The van der Waals surface area contributed by atoms with E-state index in [4.69, 9.17) is 17.0 Å². The molecule has 1 fully saturated rings. The molecule has 6 heteroatoms. The number of para-hydroxylation sites is 2. The van der Waals surface area contributed by atoms with Crippen LogP contribution in [0, 0.1) is 13.8 Å². The second-order valence-corrected chi connectivity index (χ2v) is 7.09. The molecule has 0 radical (unpaired) electrons. The summed E-state index contributed by atoms with van der Waals surface area (Å²) in [6.07, 6.45) is 1.82. The van der Waals surface area contributed by atoms with E-state index in [0.717, 1.165) is 28.5 Å². The molecule has 1 saturated heterocycles. The van der Waals surface area contributed by atoms with E-state index in [9.17, 15) is 0 Å². The first-order chi connectivity index (χ1) is 13.1. The van der Waals surface area contributed by atoms with Gasteiger partial charge in [0.15, 0.2) is 5.11 Å². The number of pyridine rings is 1. The van der Waals surface area contributed by atoms with Gasteiger partial charge in [-0.3, -0.25) is 4.98 Å². The molecular formula is C21H22N4OS. The Morgan fingerprint density at radius 2 is 1.89 bits per heavy atom. The Bertz CT molecular complexity index is 969. The molecule has 3 aromatic rings. The van der Waals surface area contributed by atoms with Crippen molar-refractivity contribution in [2.75, 3.05) is 12.0 Å². The fraction of sp³-hybridized carbons (Fsp3) is 0.238. The summed E-state index contributed by atoms with van der Waals surface area (Å²) >= 11 is 5.76. The molecule has 2 N–H and O–H groups in total. The molecule has 1 aliphatic heterocycles. The second kappa shape index (κ2) is 7.04. The fourth-order valence-corrected chi connectivity index (χ4v) is 4.15. The summed E-state index contributed by atoms with van der Waals surface area (Å²) in [6, 6.07) is 16.0. The summed E-state index contributed by atoms with van der Waals surface area (Å²) in [7, 11) is 1.68. The van der Waals surface area contributed by atoms with E-state index >= 15 is 0 Å². The lowest BCUT2D eigenvalue weighted by atomic mass is 9.96. The summed E-state index contributed by atoms with van der Waals surface area (Å²) in [5, 5.41) is 4.15. The first kappa shape index (κ1) is 17.5. The maximum absolute atomic E-state index is 5.76. The van der Waals surface area contributed by atoms with Gasteiger partial charge in [-0.2, -0.15) is 0 Å². The van der Waals surface area contributed by atoms with E-state index in [1.807, 2.05) is 48.7 Å². The molecular weight excluding hydrogens is 356 g/mol. The van der Waals surface area contributed by atoms with Gasteiger partial charge in [0.2, 0.25) is 0 Å². The van der Waals surface area contributed by atoms with Gasteiger partial charge in [0, 0.05) is 17.6 Å². The van der Waals surface area contributed by atoms with Crippen LogP contribution in [0.2, 0.25) is 0 Å². The minimum Gasteiger partial charge on any atom is -0.495 e. The van der Waals surface area contributed by atoms with Crippen molar-refractivity contribution < 1.29 is 4.74 Å². The van der Waals surface area contributed by atoms with Crippen molar-refractivity contribution in [2.24, 2.45) is 0 Å². The number of anilines is 1. The zero-order valence-corrected chi connectivity index (χ0v) is 16.4. The minimum atomic E-state index is -0.0579. The van der Waals surface area contributed by atoms with Gasteiger partial charge < -0.3 is 19.9 Å². The van der Waals surface area contributed by atoms with Gasteiger partial charge >= 0.3 is 0 Å². The lowest BCUT2D eigenvalue weighted by Crippen LogP contribution is -2.29. The molecule has 4 rings (SSSR count). The number of ether oxygens (including phenoxy) is 1. The lowest BCUT2D eigenvalue weighted by Gasteiger charge is -2.29. The first-order valence-electron chi connectivity index (χ1n) is 8.90. The van der Waals surface area contributed by atoms with E-state index in [-0.39, 0.29) is 12.1 Å². The largest absolute Gasteiger partial charge is 0.495 e. The molecule has 27 heavy (non-hydrogen) atoms. The van der Waals surface area contributed by atoms with E-state index < -0.39 is 0 Å². The summed E-state index contributed by atoms with van der Waals surface area (Å²) in [5.41, 5.74) is 5.35. The number of nitrogens with zero attached hydrogens (tertiary/aromatic N) is 2. The van der Waals surface area contributed by atoms with Crippen LogP contribution in [-0.4, -0.2) is 22.2 Å². The highest BCUT2D eigenvalue weighted by molar-refractivity contribution is 7.80. The number of aromatic nitrogens is 2.